The van der Waals surface area contributed by atoms with Gasteiger partial charge < -0.3 is 9.47 Å². The van der Waals surface area contributed by atoms with Gasteiger partial charge >= 0.3 is 0 Å². The van der Waals surface area contributed by atoms with Crippen LogP contribution in [-0.2, 0) is 16.1 Å². The maximum Gasteiger partial charge on any atom is 0.293 e. The maximum absolute atomic E-state index is 13.4. The second kappa shape index (κ2) is 11.1. The number of methoxy groups -OCH3 is 1. The molecule has 0 amide bonds. The zero-order valence-corrected chi connectivity index (χ0v) is 19.7. The summed E-state index contributed by atoms with van der Waals surface area (Å²) in [5, 5.41) is 1.02. The van der Waals surface area contributed by atoms with Gasteiger partial charge in [0.05, 0.1) is 23.7 Å². The minimum atomic E-state index is -2.50. The second-order valence-electron chi connectivity index (χ2n) is 7.32. The van der Waals surface area contributed by atoms with Crippen LogP contribution >= 0.6 is 23.2 Å². The Hall–Kier alpha value is -1.70. The normalized spacial score (nSPS) is 15.7. The van der Waals surface area contributed by atoms with Gasteiger partial charge in [-0.2, -0.15) is 0 Å². The average molecular weight is 465 g/mol. The number of carbonyl (C=O) groups is 1. The van der Waals surface area contributed by atoms with Crippen LogP contribution in [0.3, 0.4) is 0 Å². The molecule has 0 aliphatic carbocycles. The lowest BCUT2D eigenvalue weighted by atomic mass is 10.0. The summed E-state index contributed by atoms with van der Waals surface area (Å²) >= 11 is 12.3. The van der Waals surface area contributed by atoms with Crippen LogP contribution in [0.5, 0.6) is 5.75 Å². The lowest BCUT2D eigenvalue weighted by Gasteiger charge is -2.20. The Morgan fingerprint density at radius 1 is 1.27 bits per heavy atom. The molecule has 0 bridgehead atoms. The van der Waals surface area contributed by atoms with Gasteiger partial charge in [0.2, 0.25) is 0 Å². The molecule has 1 aliphatic heterocycles. The highest BCUT2D eigenvalue weighted by atomic mass is 35.5. The highest BCUT2D eigenvalue weighted by Gasteiger charge is 2.36. The van der Waals surface area contributed by atoms with E-state index in [9.17, 15) is 13.6 Å². The van der Waals surface area contributed by atoms with Crippen LogP contribution in [0.1, 0.15) is 51.8 Å². The molecule has 2 aromatic rings. The van der Waals surface area contributed by atoms with E-state index < -0.39 is 12.5 Å². The summed E-state index contributed by atoms with van der Waals surface area (Å²) in [6.45, 7) is 10.3. The molecule has 0 saturated heterocycles. The number of ether oxygens (including phenoxy) is 2. The van der Waals surface area contributed by atoms with Crippen LogP contribution in [0.25, 0.3) is 10.9 Å². The molecule has 0 N–H and O–H groups in total. The van der Waals surface area contributed by atoms with Gasteiger partial charge in [-0.25, -0.2) is 8.78 Å². The third-order valence-corrected chi connectivity index (χ3v) is 5.02. The predicted molar refractivity (Wildman–Crippen MR) is 117 cm³/mol. The fourth-order valence-corrected chi connectivity index (χ4v) is 3.45. The fourth-order valence-electron chi connectivity index (χ4n) is 2.98. The van der Waals surface area contributed by atoms with Crippen LogP contribution in [0, 0.1) is 0 Å². The molecule has 5 nitrogen and oxygen atoms in total. The standard InChI is InChI=1S/C14H12Cl2F2N2O.C5H10O2.C2H6/c1-20-5-6-4-19-12-7(9(6)13(20)14(17)18)3-8(21-2)10(15)11(12)16;1-5(2,3)7-4-6;1-2/h3-4,13-14H,5H2,1-2H3;4H,1-3H3;1-2H3. The van der Waals surface area contributed by atoms with Crippen LogP contribution in [0.4, 0.5) is 8.78 Å². The van der Waals surface area contributed by atoms with E-state index in [2.05, 4.69) is 9.72 Å². The first-order valence-electron chi connectivity index (χ1n) is 9.45. The van der Waals surface area contributed by atoms with Crippen LogP contribution < -0.4 is 4.74 Å². The molecular formula is C21H28Cl2F2N2O3. The molecule has 2 heterocycles. The summed E-state index contributed by atoms with van der Waals surface area (Å²) in [5.74, 6) is 0.354. The van der Waals surface area contributed by atoms with Gasteiger partial charge in [0.25, 0.3) is 12.9 Å². The molecule has 0 radical (unpaired) electrons. The molecule has 1 aliphatic rings. The van der Waals surface area contributed by atoms with Crippen molar-refractivity contribution in [2.75, 3.05) is 14.2 Å². The SMILES string of the molecule is CC.CC(C)(C)OC=O.COc1cc2c3c(cnc2c(Cl)c1Cl)CN(C)C3C(F)F. The minimum Gasteiger partial charge on any atom is -0.495 e. The van der Waals surface area contributed by atoms with Gasteiger partial charge in [0.15, 0.2) is 0 Å². The zero-order chi connectivity index (χ0) is 23.2. The van der Waals surface area contributed by atoms with Crippen molar-refractivity contribution in [1.29, 1.82) is 0 Å². The molecule has 168 valence electrons. The number of hydrogen-bond donors (Lipinski definition) is 0. The van der Waals surface area contributed by atoms with Crippen molar-refractivity contribution < 1.29 is 23.0 Å². The summed E-state index contributed by atoms with van der Waals surface area (Å²) in [7, 11) is 3.12. The number of rotatable bonds is 3. The monoisotopic (exact) mass is 464 g/mol. The molecule has 1 aromatic heterocycles. The van der Waals surface area contributed by atoms with Crippen molar-refractivity contribution >= 4 is 40.6 Å². The Labute approximate surface area is 186 Å². The molecule has 1 unspecified atom stereocenters. The largest absolute Gasteiger partial charge is 0.495 e. The van der Waals surface area contributed by atoms with Gasteiger partial charge in [-0.05, 0) is 45.0 Å². The van der Waals surface area contributed by atoms with Crippen molar-refractivity contribution in [3.63, 3.8) is 0 Å². The van der Waals surface area contributed by atoms with E-state index in [0.29, 0.717) is 35.2 Å². The number of nitrogens with zero attached hydrogens (tertiary/aromatic N) is 2. The number of halogens is 4. The number of pyridine rings is 1. The third kappa shape index (κ3) is 5.93. The van der Waals surface area contributed by atoms with E-state index in [4.69, 9.17) is 27.9 Å². The number of hydrogen-bond acceptors (Lipinski definition) is 5. The lowest BCUT2D eigenvalue weighted by Crippen LogP contribution is -2.23. The number of carbonyl (C=O) groups excluding carboxylic acids is 1. The Kier molecular flexibility index (Phi) is 9.72. The van der Waals surface area contributed by atoms with Crippen molar-refractivity contribution in [3.8, 4) is 5.75 Å². The van der Waals surface area contributed by atoms with Gasteiger partial charge in [0.1, 0.15) is 16.4 Å². The smallest absolute Gasteiger partial charge is 0.293 e. The number of aromatic nitrogens is 1. The molecule has 0 fully saturated rings. The number of benzene rings is 1. The fraction of sp³-hybridized carbons (Fsp3) is 0.524. The van der Waals surface area contributed by atoms with Gasteiger partial charge in [-0.15, -0.1) is 0 Å². The summed E-state index contributed by atoms with van der Waals surface area (Å²) in [5.41, 5.74) is 1.43. The first-order chi connectivity index (χ1) is 14.0. The molecule has 1 atom stereocenters. The molecular weight excluding hydrogens is 437 g/mol. The first-order valence-corrected chi connectivity index (χ1v) is 10.2. The number of alkyl halides is 2. The summed E-state index contributed by atoms with van der Waals surface area (Å²) < 4.78 is 36.5. The molecule has 0 saturated carbocycles. The third-order valence-electron chi connectivity index (χ3n) is 4.18. The van der Waals surface area contributed by atoms with Gasteiger partial charge in [-0.1, -0.05) is 37.0 Å². The first kappa shape index (κ1) is 26.3. The maximum atomic E-state index is 13.4. The van der Waals surface area contributed by atoms with Crippen molar-refractivity contribution in [3.05, 3.63) is 33.4 Å². The Balaban J connectivity index is 0.000000428. The molecule has 9 heteroatoms. The van der Waals surface area contributed by atoms with Crippen LogP contribution in [0.15, 0.2) is 12.3 Å². The molecule has 3 rings (SSSR count). The van der Waals surface area contributed by atoms with Crippen LogP contribution in [0.2, 0.25) is 10.0 Å². The summed E-state index contributed by atoms with van der Waals surface area (Å²) in [4.78, 5) is 15.5. The zero-order valence-electron chi connectivity index (χ0n) is 18.2. The Morgan fingerprint density at radius 3 is 2.30 bits per heavy atom. The second-order valence-corrected chi connectivity index (χ2v) is 8.08. The molecule has 0 spiro atoms. The van der Waals surface area contributed by atoms with E-state index in [1.54, 1.807) is 24.2 Å². The van der Waals surface area contributed by atoms with E-state index in [1.807, 2.05) is 34.6 Å². The van der Waals surface area contributed by atoms with E-state index in [1.165, 1.54) is 7.11 Å². The van der Waals surface area contributed by atoms with Gasteiger partial charge in [0, 0.05) is 18.1 Å². The Morgan fingerprint density at radius 2 is 1.87 bits per heavy atom. The van der Waals surface area contributed by atoms with Crippen molar-refractivity contribution in [2.45, 2.75) is 59.2 Å². The minimum absolute atomic E-state index is 0.219. The van der Waals surface area contributed by atoms with Gasteiger partial charge in [-0.3, -0.25) is 14.7 Å². The van der Waals surface area contributed by atoms with Crippen LogP contribution in [-0.4, -0.2) is 42.5 Å². The lowest BCUT2D eigenvalue weighted by molar-refractivity contribution is -0.138. The molecule has 1 aromatic carbocycles. The predicted octanol–water partition coefficient (Wildman–Crippen LogP) is 6.29. The summed E-state index contributed by atoms with van der Waals surface area (Å²) in [6.07, 6.45) is -0.909. The highest BCUT2D eigenvalue weighted by molar-refractivity contribution is 6.46. The van der Waals surface area contributed by atoms with Crippen molar-refractivity contribution in [2.24, 2.45) is 0 Å². The van der Waals surface area contributed by atoms with E-state index >= 15 is 0 Å². The highest BCUT2D eigenvalue weighted by Crippen LogP contribution is 2.45. The Bertz CT molecular complexity index is 874. The topological polar surface area (TPSA) is 51.7 Å². The molecule has 30 heavy (non-hydrogen) atoms. The summed E-state index contributed by atoms with van der Waals surface area (Å²) in [6, 6.07) is 0.650. The number of fused-ring (bicyclic) bond motifs is 3. The van der Waals surface area contributed by atoms with Crippen molar-refractivity contribution in [1.82, 2.24) is 9.88 Å². The van der Waals surface area contributed by atoms with E-state index in [0.717, 1.165) is 5.56 Å². The quantitative estimate of drug-likeness (QED) is 0.499. The van der Waals surface area contributed by atoms with E-state index in [-0.39, 0.29) is 15.6 Å². The average Bonchev–Trinajstić information content (AvgIpc) is 3.02.